The Hall–Kier alpha value is -0.210. The van der Waals surface area contributed by atoms with Crippen LogP contribution in [0.3, 0.4) is 0 Å². The first kappa shape index (κ1) is 12.8. The summed E-state index contributed by atoms with van der Waals surface area (Å²) in [7, 11) is 0. The summed E-state index contributed by atoms with van der Waals surface area (Å²) in [6.07, 6.45) is 8.57. The summed E-state index contributed by atoms with van der Waals surface area (Å²) in [5.74, 6) is 0. The van der Waals surface area contributed by atoms with Gasteiger partial charge in [-0.05, 0) is 47.0 Å². The fourth-order valence-corrected chi connectivity index (χ4v) is 3.84. The van der Waals surface area contributed by atoms with Gasteiger partial charge in [0, 0.05) is 28.7 Å². The lowest BCUT2D eigenvalue weighted by Crippen LogP contribution is -2.56. The molecular weight excluding hydrogens is 310 g/mol. The fourth-order valence-electron chi connectivity index (χ4n) is 3.42. The zero-order valence-electron chi connectivity index (χ0n) is 10.6. The number of anilines is 1. The lowest BCUT2D eigenvalue weighted by Gasteiger charge is -2.51. The van der Waals surface area contributed by atoms with Crippen molar-refractivity contribution in [2.45, 2.75) is 38.5 Å². The number of hydrogen-bond acceptors (Lipinski definition) is 1. The molecule has 18 heavy (non-hydrogen) atoms. The van der Waals surface area contributed by atoms with Crippen molar-refractivity contribution in [3.63, 3.8) is 0 Å². The van der Waals surface area contributed by atoms with E-state index in [0.717, 1.165) is 9.50 Å². The van der Waals surface area contributed by atoms with E-state index in [1.807, 2.05) is 0 Å². The molecule has 0 bridgehead atoms. The Morgan fingerprint density at radius 1 is 1.06 bits per heavy atom. The molecule has 1 nitrogen and oxygen atoms in total. The van der Waals surface area contributed by atoms with Crippen LogP contribution in [0.1, 0.15) is 38.5 Å². The standard InChI is InChI=1S/C15H19BrClN/c16-13-6-5-12(9-14(13)17)18-10-15(11-18)7-3-1-2-4-8-15/h5-6,9H,1-4,7-8,10-11H2. The third kappa shape index (κ3) is 2.42. The quantitative estimate of drug-likeness (QED) is 0.679. The van der Waals surface area contributed by atoms with Crippen LogP contribution in [0.2, 0.25) is 5.02 Å². The second-order valence-electron chi connectivity index (χ2n) is 5.87. The van der Waals surface area contributed by atoms with Crippen LogP contribution in [-0.4, -0.2) is 13.1 Å². The van der Waals surface area contributed by atoms with Crippen molar-refractivity contribution in [1.82, 2.24) is 0 Å². The first-order valence-electron chi connectivity index (χ1n) is 6.89. The molecule has 1 spiro atoms. The van der Waals surface area contributed by atoms with Gasteiger partial charge in [-0.2, -0.15) is 0 Å². The number of benzene rings is 1. The summed E-state index contributed by atoms with van der Waals surface area (Å²) < 4.78 is 0.984. The van der Waals surface area contributed by atoms with E-state index in [-0.39, 0.29) is 0 Å². The van der Waals surface area contributed by atoms with Crippen molar-refractivity contribution in [2.75, 3.05) is 18.0 Å². The van der Waals surface area contributed by atoms with Gasteiger partial charge in [0.25, 0.3) is 0 Å². The van der Waals surface area contributed by atoms with Gasteiger partial charge in [-0.3, -0.25) is 0 Å². The monoisotopic (exact) mass is 327 g/mol. The van der Waals surface area contributed by atoms with Gasteiger partial charge in [0.15, 0.2) is 0 Å². The third-order valence-electron chi connectivity index (χ3n) is 4.49. The van der Waals surface area contributed by atoms with E-state index < -0.39 is 0 Å². The molecule has 3 heteroatoms. The lowest BCUT2D eigenvalue weighted by molar-refractivity contribution is 0.180. The van der Waals surface area contributed by atoms with E-state index in [4.69, 9.17) is 11.6 Å². The van der Waals surface area contributed by atoms with Crippen LogP contribution >= 0.6 is 27.5 Å². The Labute approximate surface area is 123 Å². The van der Waals surface area contributed by atoms with E-state index in [1.165, 1.54) is 57.3 Å². The largest absolute Gasteiger partial charge is 0.370 e. The van der Waals surface area contributed by atoms with Gasteiger partial charge in [0.05, 0.1) is 5.02 Å². The van der Waals surface area contributed by atoms with Crippen molar-refractivity contribution in [1.29, 1.82) is 0 Å². The molecule has 3 rings (SSSR count). The van der Waals surface area contributed by atoms with Crippen molar-refractivity contribution < 1.29 is 0 Å². The van der Waals surface area contributed by atoms with Crippen molar-refractivity contribution >= 4 is 33.2 Å². The molecule has 1 heterocycles. The van der Waals surface area contributed by atoms with Crippen molar-refractivity contribution in [2.24, 2.45) is 5.41 Å². The second-order valence-corrected chi connectivity index (χ2v) is 7.13. The van der Waals surface area contributed by atoms with E-state index in [9.17, 15) is 0 Å². The molecule has 2 fully saturated rings. The first-order valence-corrected chi connectivity index (χ1v) is 8.06. The van der Waals surface area contributed by atoms with Gasteiger partial charge in [-0.15, -0.1) is 0 Å². The number of hydrogen-bond donors (Lipinski definition) is 0. The Bertz CT molecular complexity index is 430. The second kappa shape index (κ2) is 5.05. The minimum Gasteiger partial charge on any atom is -0.370 e. The van der Waals surface area contributed by atoms with Crippen LogP contribution < -0.4 is 4.90 Å². The minimum atomic E-state index is 0.621. The van der Waals surface area contributed by atoms with Gasteiger partial charge < -0.3 is 4.90 Å². The summed E-state index contributed by atoms with van der Waals surface area (Å²) in [5, 5.41) is 0.814. The maximum absolute atomic E-state index is 6.17. The van der Waals surface area contributed by atoms with E-state index in [0.29, 0.717) is 5.41 Å². The van der Waals surface area contributed by atoms with E-state index in [1.54, 1.807) is 0 Å². The molecule has 0 amide bonds. The highest BCUT2D eigenvalue weighted by molar-refractivity contribution is 9.10. The molecule has 1 aromatic rings. The molecule has 0 radical (unpaired) electrons. The van der Waals surface area contributed by atoms with Crippen LogP contribution in [0.25, 0.3) is 0 Å². The molecule has 2 aliphatic rings. The normalized spacial score (nSPS) is 22.7. The van der Waals surface area contributed by atoms with Crippen molar-refractivity contribution in [3.8, 4) is 0 Å². The molecule has 0 atom stereocenters. The molecule has 1 aromatic carbocycles. The van der Waals surface area contributed by atoms with E-state index in [2.05, 4.69) is 39.0 Å². The zero-order valence-corrected chi connectivity index (χ0v) is 12.9. The highest BCUT2D eigenvalue weighted by Crippen LogP contribution is 2.45. The highest BCUT2D eigenvalue weighted by Gasteiger charge is 2.42. The topological polar surface area (TPSA) is 3.24 Å². The number of nitrogens with zero attached hydrogens (tertiary/aromatic N) is 1. The summed E-state index contributed by atoms with van der Waals surface area (Å²) in [5.41, 5.74) is 1.90. The highest BCUT2D eigenvalue weighted by atomic mass is 79.9. The predicted octanol–water partition coefficient (Wildman–Crippen LogP) is 5.26. The van der Waals surface area contributed by atoms with Gasteiger partial charge >= 0.3 is 0 Å². The number of halogens is 2. The smallest absolute Gasteiger partial charge is 0.0568 e. The minimum absolute atomic E-state index is 0.621. The molecule has 1 saturated carbocycles. The van der Waals surface area contributed by atoms with Gasteiger partial charge in [-0.25, -0.2) is 0 Å². The number of rotatable bonds is 1. The first-order chi connectivity index (χ1) is 8.69. The summed E-state index contributed by atoms with van der Waals surface area (Å²) in [6.45, 7) is 2.45. The zero-order chi connectivity index (χ0) is 12.6. The molecule has 1 saturated heterocycles. The van der Waals surface area contributed by atoms with Crippen LogP contribution in [-0.2, 0) is 0 Å². The summed E-state index contributed by atoms with van der Waals surface area (Å²) in [6, 6.07) is 6.30. The average molecular weight is 329 g/mol. The fraction of sp³-hybridized carbons (Fsp3) is 0.600. The van der Waals surface area contributed by atoms with Crippen LogP contribution in [0.4, 0.5) is 5.69 Å². The summed E-state index contributed by atoms with van der Waals surface area (Å²) in [4.78, 5) is 2.48. The van der Waals surface area contributed by atoms with Gasteiger partial charge in [0.1, 0.15) is 0 Å². The average Bonchev–Trinajstić information content (AvgIpc) is 2.56. The molecule has 1 aliphatic carbocycles. The van der Waals surface area contributed by atoms with Crippen LogP contribution in [0.15, 0.2) is 22.7 Å². The maximum Gasteiger partial charge on any atom is 0.0568 e. The molecule has 0 N–H and O–H groups in total. The van der Waals surface area contributed by atoms with Crippen LogP contribution in [0.5, 0.6) is 0 Å². The van der Waals surface area contributed by atoms with Gasteiger partial charge in [0.2, 0.25) is 0 Å². The van der Waals surface area contributed by atoms with Gasteiger partial charge in [-0.1, -0.05) is 37.3 Å². The predicted molar refractivity (Wildman–Crippen MR) is 81.5 cm³/mol. The summed E-state index contributed by atoms with van der Waals surface area (Å²) >= 11 is 9.62. The van der Waals surface area contributed by atoms with Crippen LogP contribution in [0, 0.1) is 5.41 Å². The molecule has 98 valence electrons. The SMILES string of the molecule is Clc1cc(N2CC3(CCCCCC3)C2)ccc1Br. The van der Waals surface area contributed by atoms with Crippen molar-refractivity contribution in [3.05, 3.63) is 27.7 Å². The van der Waals surface area contributed by atoms with E-state index >= 15 is 0 Å². The molecule has 1 aliphatic heterocycles. The molecule has 0 aromatic heterocycles. The maximum atomic E-state index is 6.17. The molecular formula is C15H19BrClN. The Kier molecular flexibility index (Phi) is 3.59. The Morgan fingerprint density at radius 2 is 1.72 bits per heavy atom. The lowest BCUT2D eigenvalue weighted by atomic mass is 9.73. The molecule has 0 unspecified atom stereocenters. The third-order valence-corrected chi connectivity index (χ3v) is 5.72. The Balaban J connectivity index is 1.68. The Morgan fingerprint density at radius 3 is 2.33 bits per heavy atom.